The number of para-hydroxylation sites is 1. The number of hydrogen-bond donors (Lipinski definition) is 0. The van der Waals surface area contributed by atoms with Gasteiger partial charge in [-0.2, -0.15) is 5.26 Å². The maximum absolute atomic E-state index is 10.4. The molecule has 224 valence electrons. The largest absolute Gasteiger partial charge is 0.309 e. The van der Waals surface area contributed by atoms with Crippen LogP contribution in [0.4, 0.5) is 5.69 Å². The normalized spacial score (nSPS) is 11.3. The second kappa shape index (κ2) is 12.0. The Hall–Kier alpha value is -6.46. The van der Waals surface area contributed by atoms with Crippen molar-refractivity contribution in [2.24, 2.45) is 0 Å². The number of fused-ring (bicyclic) bond motifs is 3. The molecule has 0 radical (unpaired) electrons. The van der Waals surface area contributed by atoms with E-state index in [1.54, 1.807) is 0 Å². The van der Waals surface area contributed by atoms with Gasteiger partial charge in [-0.1, -0.05) is 146 Å². The van der Waals surface area contributed by atoms with Crippen molar-refractivity contribution >= 4 is 56.3 Å². The van der Waals surface area contributed by atoms with Crippen LogP contribution in [-0.4, -0.2) is 12.6 Å². The number of nitrogens with zero attached hydrogens (tertiary/aromatic N) is 3. The molecule has 0 N–H and O–H groups in total. The van der Waals surface area contributed by atoms with Crippen molar-refractivity contribution in [2.45, 2.75) is 0 Å². The lowest BCUT2D eigenvalue weighted by Crippen LogP contribution is -2.74. The molecule has 1 heterocycles. The lowest BCUT2D eigenvalue weighted by atomic mass is 9.98. The van der Waals surface area contributed by atoms with E-state index in [1.165, 1.54) is 20.7 Å². The zero-order valence-corrected chi connectivity index (χ0v) is 27.1. The zero-order chi connectivity index (χ0) is 32.5. The van der Waals surface area contributed by atoms with Crippen LogP contribution in [0.2, 0.25) is 0 Å². The average molecular weight is 628 g/mol. The van der Waals surface area contributed by atoms with Crippen molar-refractivity contribution in [2.75, 3.05) is 0 Å². The number of hydrogen-bond acceptors (Lipinski definition) is 1. The minimum Gasteiger partial charge on any atom is -0.309 e. The Morgan fingerprint density at radius 3 is 1.65 bits per heavy atom. The standard InChI is InChI=1S/C44H29N3Si/c1-46-34-26-29-42-40(30-34)39-21-11-12-22-41(39)47(42)43-23-13-14-33(31-45)44(43)32-24-27-38(28-25-32)48(35-15-5-2-6-16-35,36-17-7-3-8-18-36)37-19-9-4-10-20-37/h2-30H. The number of nitriles is 1. The third-order valence-electron chi connectivity index (χ3n) is 9.42. The first kappa shape index (κ1) is 29.0. The summed E-state index contributed by atoms with van der Waals surface area (Å²) in [5.41, 5.74) is 6.05. The van der Waals surface area contributed by atoms with Crippen LogP contribution in [0.5, 0.6) is 0 Å². The fourth-order valence-electron chi connectivity index (χ4n) is 7.36. The first-order valence-electron chi connectivity index (χ1n) is 16.0. The minimum atomic E-state index is -2.69. The van der Waals surface area contributed by atoms with E-state index in [2.05, 4.69) is 149 Å². The highest BCUT2D eigenvalue weighted by molar-refractivity contribution is 7.19. The number of rotatable bonds is 6. The van der Waals surface area contributed by atoms with Crippen LogP contribution in [0.3, 0.4) is 0 Å². The highest BCUT2D eigenvalue weighted by Gasteiger charge is 2.41. The van der Waals surface area contributed by atoms with Crippen LogP contribution in [-0.2, 0) is 0 Å². The van der Waals surface area contributed by atoms with Crippen molar-refractivity contribution in [1.29, 1.82) is 5.26 Å². The predicted octanol–water partition coefficient (Wildman–Crippen LogP) is 8.25. The Kier molecular flexibility index (Phi) is 7.27. The second-order valence-electron chi connectivity index (χ2n) is 11.9. The second-order valence-corrected chi connectivity index (χ2v) is 15.7. The smallest absolute Gasteiger partial charge is 0.188 e. The first-order valence-corrected chi connectivity index (χ1v) is 18.0. The van der Waals surface area contributed by atoms with Gasteiger partial charge in [0, 0.05) is 10.9 Å². The molecular formula is C44H29N3Si. The summed E-state index contributed by atoms with van der Waals surface area (Å²) in [6.07, 6.45) is 0. The molecule has 1 aromatic heterocycles. The van der Waals surface area contributed by atoms with Gasteiger partial charge in [0.15, 0.2) is 13.8 Å². The van der Waals surface area contributed by atoms with E-state index >= 15 is 0 Å². The zero-order valence-electron chi connectivity index (χ0n) is 26.1. The summed E-state index contributed by atoms with van der Waals surface area (Å²) in [5, 5.41) is 17.8. The van der Waals surface area contributed by atoms with Crippen molar-refractivity contribution in [3.05, 3.63) is 193 Å². The quantitative estimate of drug-likeness (QED) is 0.104. The van der Waals surface area contributed by atoms with E-state index < -0.39 is 8.07 Å². The summed E-state index contributed by atoms with van der Waals surface area (Å²) in [4.78, 5) is 3.70. The molecule has 0 atom stereocenters. The third kappa shape index (κ3) is 4.55. The summed E-state index contributed by atoms with van der Waals surface area (Å²) in [6.45, 7) is 7.61. The molecule has 3 nitrogen and oxygen atoms in total. The van der Waals surface area contributed by atoms with Crippen molar-refractivity contribution in [1.82, 2.24) is 4.57 Å². The fourth-order valence-corrected chi connectivity index (χ4v) is 12.1. The maximum atomic E-state index is 10.4. The van der Waals surface area contributed by atoms with Gasteiger partial charge in [0.1, 0.15) is 0 Å². The Morgan fingerprint density at radius 2 is 1.06 bits per heavy atom. The van der Waals surface area contributed by atoms with Gasteiger partial charge >= 0.3 is 0 Å². The van der Waals surface area contributed by atoms with E-state index in [1.807, 2.05) is 42.5 Å². The van der Waals surface area contributed by atoms with E-state index in [0.29, 0.717) is 11.3 Å². The molecular weight excluding hydrogens is 599 g/mol. The van der Waals surface area contributed by atoms with Crippen LogP contribution in [0.15, 0.2) is 176 Å². The molecule has 0 amide bonds. The molecule has 4 heteroatoms. The van der Waals surface area contributed by atoms with Gasteiger partial charge in [-0.15, -0.1) is 0 Å². The third-order valence-corrected chi connectivity index (χ3v) is 14.2. The molecule has 0 aliphatic rings. The Labute approximate surface area is 281 Å². The van der Waals surface area contributed by atoms with Crippen LogP contribution >= 0.6 is 0 Å². The lowest BCUT2D eigenvalue weighted by molar-refractivity contribution is 1.18. The predicted molar refractivity (Wildman–Crippen MR) is 201 cm³/mol. The van der Waals surface area contributed by atoms with Gasteiger partial charge in [-0.3, -0.25) is 0 Å². The van der Waals surface area contributed by atoms with Crippen molar-refractivity contribution in [3.8, 4) is 22.9 Å². The molecule has 8 rings (SSSR count). The molecule has 0 aliphatic carbocycles. The molecule has 0 unspecified atom stereocenters. The van der Waals surface area contributed by atoms with Crippen LogP contribution < -0.4 is 20.7 Å². The van der Waals surface area contributed by atoms with Crippen molar-refractivity contribution < 1.29 is 0 Å². The summed E-state index contributed by atoms with van der Waals surface area (Å²) >= 11 is 0. The van der Waals surface area contributed by atoms with Gasteiger partial charge < -0.3 is 4.57 Å². The fraction of sp³-hybridized carbons (Fsp3) is 0. The summed E-state index contributed by atoms with van der Waals surface area (Å²) in [6, 6.07) is 64.2. The van der Waals surface area contributed by atoms with E-state index in [9.17, 15) is 5.26 Å². The molecule has 0 saturated heterocycles. The monoisotopic (exact) mass is 627 g/mol. The van der Waals surface area contributed by atoms with Gasteiger partial charge in [0.05, 0.1) is 34.9 Å². The maximum Gasteiger partial charge on any atom is 0.188 e. The molecule has 7 aromatic carbocycles. The van der Waals surface area contributed by atoms with E-state index in [4.69, 9.17) is 6.57 Å². The average Bonchev–Trinajstić information content (AvgIpc) is 3.50. The molecule has 0 saturated carbocycles. The first-order chi connectivity index (χ1) is 23.7. The molecule has 0 bridgehead atoms. The molecule has 48 heavy (non-hydrogen) atoms. The summed E-state index contributed by atoms with van der Waals surface area (Å²) in [7, 11) is -2.69. The Balaban J connectivity index is 1.38. The van der Waals surface area contributed by atoms with Gasteiger partial charge in [0.2, 0.25) is 0 Å². The van der Waals surface area contributed by atoms with Gasteiger partial charge in [-0.05, 0) is 62.0 Å². The SMILES string of the molecule is [C-]#[N+]c1ccc2c(c1)c1ccccc1n2-c1cccc(C#N)c1-c1ccc([Si](c2ccccc2)(c2ccccc2)c2ccccc2)cc1. The van der Waals surface area contributed by atoms with Gasteiger partial charge in [-0.25, -0.2) is 4.85 Å². The van der Waals surface area contributed by atoms with Crippen LogP contribution in [0.25, 0.3) is 43.5 Å². The lowest BCUT2D eigenvalue weighted by Gasteiger charge is -2.34. The van der Waals surface area contributed by atoms with E-state index in [-0.39, 0.29) is 0 Å². The Morgan fingerprint density at radius 1 is 0.521 bits per heavy atom. The van der Waals surface area contributed by atoms with Crippen molar-refractivity contribution in [3.63, 3.8) is 0 Å². The highest BCUT2D eigenvalue weighted by Crippen LogP contribution is 2.38. The van der Waals surface area contributed by atoms with Crippen LogP contribution in [0.1, 0.15) is 5.56 Å². The summed E-state index contributed by atoms with van der Waals surface area (Å²) < 4.78 is 2.24. The highest BCUT2D eigenvalue weighted by atomic mass is 28.3. The topological polar surface area (TPSA) is 33.1 Å². The Bertz CT molecular complexity index is 2410. The van der Waals surface area contributed by atoms with E-state index in [0.717, 1.165) is 38.6 Å². The molecule has 0 spiro atoms. The molecule has 0 fully saturated rings. The van der Waals surface area contributed by atoms with Gasteiger partial charge in [0.25, 0.3) is 0 Å². The number of benzene rings is 7. The minimum absolute atomic E-state index is 0.606. The molecule has 8 aromatic rings. The van der Waals surface area contributed by atoms with Crippen LogP contribution in [0, 0.1) is 17.9 Å². The molecule has 0 aliphatic heterocycles. The number of aromatic nitrogens is 1. The summed E-state index contributed by atoms with van der Waals surface area (Å²) in [5.74, 6) is 0.